The van der Waals surface area contributed by atoms with Crippen molar-refractivity contribution in [1.82, 2.24) is 56.9 Å². The molecule has 1 saturated heterocycles. The molecule has 0 radical (unpaired) electrons. The highest BCUT2D eigenvalue weighted by Gasteiger charge is 2.22. The number of aromatic nitrogens is 9. The van der Waals surface area contributed by atoms with Gasteiger partial charge in [-0.05, 0) is 101 Å². The SMILES string of the molecule is CN(C)CCOC(c1ccccc1)c1ccccc1.CNS(=O)(=O)CCc1ccc2[nH]cc(C3CCN(C)CC3)c2c1.Cn1c(=O)c2c(ncn2CC(=O)O)n(C)c1=O.Cn1c(=O)c2c(ncn2CC(=O)O)n(C)c1=O. The van der Waals surface area contributed by atoms with Crippen LogP contribution in [0.3, 0.4) is 0 Å². The molecule has 406 valence electrons. The highest BCUT2D eigenvalue weighted by Crippen LogP contribution is 2.33. The Labute approximate surface area is 437 Å². The summed E-state index contributed by atoms with van der Waals surface area (Å²) in [5.74, 6) is -1.44. The van der Waals surface area contributed by atoms with Gasteiger partial charge in [-0.15, -0.1) is 0 Å². The van der Waals surface area contributed by atoms with E-state index in [0.717, 1.165) is 46.5 Å². The Morgan fingerprint density at radius 1 is 0.750 bits per heavy atom. The molecule has 8 aromatic rings. The fraction of sp³-hybridized carbons (Fsp3) is 0.385. The van der Waals surface area contributed by atoms with Gasteiger partial charge in [0.2, 0.25) is 10.0 Å². The van der Waals surface area contributed by atoms with Crippen molar-refractivity contribution >= 4 is 55.2 Å². The number of piperidine rings is 1. The van der Waals surface area contributed by atoms with Gasteiger partial charge in [0.15, 0.2) is 22.3 Å². The van der Waals surface area contributed by atoms with E-state index in [1.807, 2.05) is 18.2 Å². The molecule has 0 spiro atoms. The zero-order chi connectivity index (χ0) is 55.4. The number of hydrogen-bond acceptors (Lipinski definition) is 13. The van der Waals surface area contributed by atoms with Gasteiger partial charge in [-0.25, -0.2) is 32.7 Å². The van der Waals surface area contributed by atoms with E-state index in [1.165, 1.54) is 101 Å². The van der Waals surface area contributed by atoms with Crippen LogP contribution in [0.15, 0.2) is 117 Å². The van der Waals surface area contributed by atoms with Gasteiger partial charge < -0.3 is 38.9 Å². The zero-order valence-corrected chi connectivity index (χ0v) is 44.7. The highest BCUT2D eigenvalue weighted by atomic mass is 32.2. The van der Waals surface area contributed by atoms with Crippen LogP contribution in [-0.4, -0.2) is 143 Å². The van der Waals surface area contributed by atoms with E-state index in [0.29, 0.717) is 12.3 Å². The summed E-state index contributed by atoms with van der Waals surface area (Å²) in [6.07, 6.45) is 7.52. The minimum absolute atomic E-state index is 0.0161. The molecule has 6 heterocycles. The maximum absolute atomic E-state index is 11.9. The summed E-state index contributed by atoms with van der Waals surface area (Å²) >= 11 is 0. The summed E-state index contributed by atoms with van der Waals surface area (Å²) in [4.78, 5) is 83.8. The molecule has 0 saturated carbocycles. The fourth-order valence-electron chi connectivity index (χ4n) is 8.68. The molecule has 24 heteroatoms. The minimum Gasteiger partial charge on any atom is -0.480 e. The Kier molecular flexibility index (Phi) is 19.4. The van der Waals surface area contributed by atoms with Crippen LogP contribution in [0.4, 0.5) is 0 Å². The van der Waals surface area contributed by atoms with E-state index in [4.69, 9.17) is 14.9 Å². The summed E-state index contributed by atoms with van der Waals surface area (Å²) in [5, 5.41) is 18.7. The monoisotopic (exact) mass is 1070 g/mol. The second-order valence-electron chi connectivity index (χ2n) is 18.6. The van der Waals surface area contributed by atoms with Gasteiger partial charge in [-0.1, -0.05) is 66.7 Å². The Hall–Kier alpha value is -7.77. The normalized spacial score (nSPS) is 13.1. The van der Waals surface area contributed by atoms with Crippen molar-refractivity contribution in [3.8, 4) is 0 Å². The van der Waals surface area contributed by atoms with Crippen molar-refractivity contribution in [2.24, 2.45) is 28.2 Å². The fourth-order valence-corrected chi connectivity index (χ4v) is 9.38. The van der Waals surface area contributed by atoms with E-state index < -0.39 is 44.5 Å². The second-order valence-corrected chi connectivity index (χ2v) is 20.7. The van der Waals surface area contributed by atoms with Crippen LogP contribution in [0, 0.1) is 0 Å². The van der Waals surface area contributed by atoms with Gasteiger partial charge in [0.05, 0.1) is 25.0 Å². The first-order valence-electron chi connectivity index (χ1n) is 24.3. The molecule has 0 amide bonds. The molecule has 1 aliphatic rings. The zero-order valence-electron chi connectivity index (χ0n) is 43.9. The smallest absolute Gasteiger partial charge is 0.332 e. The molecule has 3 aromatic carbocycles. The molecular weight excluding hydrogens is 1000 g/mol. The lowest BCUT2D eigenvalue weighted by molar-refractivity contribution is -0.138. The first-order chi connectivity index (χ1) is 36.1. The van der Waals surface area contributed by atoms with Crippen LogP contribution < -0.4 is 27.2 Å². The molecular formula is C52H66N12O11S. The predicted octanol–water partition coefficient (Wildman–Crippen LogP) is 2.46. The lowest BCUT2D eigenvalue weighted by Crippen LogP contribution is -2.37. The Morgan fingerprint density at radius 2 is 1.24 bits per heavy atom. The van der Waals surface area contributed by atoms with Crippen molar-refractivity contribution in [2.45, 2.75) is 44.4 Å². The standard InChI is InChI=1S/C17H25N3O2S.C17H21NO.2C9H10N4O4/c1-18-23(21,22)10-7-13-3-4-17-15(11-13)16(12-19-17)14-5-8-20(2)9-6-14;1-18(2)13-14-19-17(15-9-5-3-6-10-15)16-11-7-4-8-12-16;2*1-11-7-6(8(16)12(2)9(11)17)13(4-10-7)3-5(14)15/h3-4,11-12,14,18-19H,5-10H2,1-2H3;3-12,17H,13-14H2,1-2H3;2*4H,3H2,1-2H3,(H,14,15). The first-order valence-corrected chi connectivity index (χ1v) is 26.0. The second kappa shape index (κ2) is 25.6. The molecule has 76 heavy (non-hydrogen) atoms. The predicted molar refractivity (Wildman–Crippen MR) is 289 cm³/mol. The van der Waals surface area contributed by atoms with Crippen LogP contribution in [0.25, 0.3) is 33.2 Å². The van der Waals surface area contributed by atoms with Gasteiger partial charge >= 0.3 is 23.3 Å². The van der Waals surface area contributed by atoms with Crippen LogP contribution in [0.1, 0.15) is 47.1 Å². The lowest BCUT2D eigenvalue weighted by atomic mass is 9.89. The average Bonchev–Trinajstić information content (AvgIpc) is 4.17. The number of likely N-dealkylation sites (tertiary alicyclic amines) is 1. The number of aromatic amines is 1. The Bertz CT molecular complexity index is 3480. The summed E-state index contributed by atoms with van der Waals surface area (Å²) < 4.78 is 38.3. The number of rotatable bonds is 15. The Balaban J connectivity index is 0.000000166. The number of carboxylic acid groups (broad SMARTS) is 2. The first kappa shape index (κ1) is 57.5. The number of hydrogen-bond donors (Lipinski definition) is 4. The molecule has 4 N–H and O–H groups in total. The minimum atomic E-state index is -3.16. The molecule has 5 aromatic heterocycles. The number of H-pyrrole nitrogens is 1. The van der Waals surface area contributed by atoms with Crippen molar-refractivity contribution in [2.75, 3.05) is 60.2 Å². The molecule has 23 nitrogen and oxygen atoms in total. The molecule has 0 unspecified atom stereocenters. The van der Waals surface area contributed by atoms with Gasteiger partial charge in [0, 0.05) is 51.8 Å². The molecule has 1 aliphatic heterocycles. The van der Waals surface area contributed by atoms with E-state index in [9.17, 15) is 37.2 Å². The molecule has 1 fully saturated rings. The molecule has 0 atom stereocenters. The summed E-state index contributed by atoms with van der Waals surface area (Å²) in [6.45, 7) is 3.18. The number of ether oxygens (including phenoxy) is 1. The number of aryl methyl sites for hydroxylation is 3. The number of imidazole rings is 2. The summed E-state index contributed by atoms with van der Waals surface area (Å²) in [5.41, 5.74) is 4.47. The number of carboxylic acids is 2. The lowest BCUT2D eigenvalue weighted by Gasteiger charge is -2.28. The van der Waals surface area contributed by atoms with E-state index >= 15 is 0 Å². The topological polar surface area (TPSA) is 276 Å². The number of benzene rings is 3. The third-order valence-electron chi connectivity index (χ3n) is 13.0. The molecule has 9 rings (SSSR count). The number of likely N-dealkylation sites (N-methyl/N-ethyl adjacent to an activating group) is 1. The number of aliphatic carboxylic acids is 2. The number of fused-ring (bicyclic) bond motifs is 3. The van der Waals surface area contributed by atoms with Crippen LogP contribution >= 0.6 is 0 Å². The van der Waals surface area contributed by atoms with Crippen LogP contribution in [0.2, 0.25) is 0 Å². The van der Waals surface area contributed by atoms with Crippen molar-refractivity contribution in [3.63, 3.8) is 0 Å². The number of carbonyl (C=O) groups is 2. The number of nitrogens with zero attached hydrogens (tertiary/aromatic N) is 10. The maximum atomic E-state index is 11.9. The van der Waals surface area contributed by atoms with Gasteiger partial charge in [-0.3, -0.25) is 37.4 Å². The number of sulfonamides is 1. The highest BCUT2D eigenvalue weighted by molar-refractivity contribution is 7.89. The van der Waals surface area contributed by atoms with E-state index in [1.54, 1.807) is 0 Å². The van der Waals surface area contributed by atoms with Crippen molar-refractivity contribution < 1.29 is 33.0 Å². The van der Waals surface area contributed by atoms with E-state index in [2.05, 4.69) is 117 Å². The van der Waals surface area contributed by atoms with Crippen molar-refractivity contribution in [1.29, 1.82) is 0 Å². The maximum Gasteiger partial charge on any atom is 0.332 e. The summed E-state index contributed by atoms with van der Waals surface area (Å²) in [6, 6.07) is 27.0. The summed E-state index contributed by atoms with van der Waals surface area (Å²) in [7, 11) is 10.2. The van der Waals surface area contributed by atoms with Crippen LogP contribution in [-0.2, 0) is 72.1 Å². The van der Waals surface area contributed by atoms with Gasteiger partial charge in [0.25, 0.3) is 11.1 Å². The average molecular weight is 1070 g/mol. The molecule has 0 aliphatic carbocycles. The van der Waals surface area contributed by atoms with E-state index in [-0.39, 0.29) is 47.3 Å². The quantitative estimate of drug-likeness (QED) is 0.115. The third-order valence-corrected chi connectivity index (χ3v) is 14.3. The number of nitrogens with one attached hydrogen (secondary N) is 2. The van der Waals surface area contributed by atoms with Crippen molar-refractivity contribution in [3.05, 3.63) is 162 Å². The van der Waals surface area contributed by atoms with Gasteiger partial charge in [0.1, 0.15) is 19.2 Å². The third kappa shape index (κ3) is 14.1. The Morgan fingerprint density at radius 3 is 1.68 bits per heavy atom. The van der Waals surface area contributed by atoms with Gasteiger partial charge in [-0.2, -0.15) is 0 Å². The van der Waals surface area contributed by atoms with Crippen LogP contribution in [0.5, 0.6) is 0 Å². The largest absolute Gasteiger partial charge is 0.480 e. The molecule has 0 bridgehead atoms.